The van der Waals surface area contributed by atoms with Gasteiger partial charge < -0.3 is 10.4 Å². The molecule has 180 valence electrons. The third-order valence-corrected chi connectivity index (χ3v) is 6.96. The number of halogens is 4. The van der Waals surface area contributed by atoms with E-state index in [1.807, 2.05) is 0 Å². The molecule has 10 heteroatoms. The van der Waals surface area contributed by atoms with Gasteiger partial charge in [0.25, 0.3) is 15.7 Å². The van der Waals surface area contributed by atoms with Crippen LogP contribution in [0, 0.1) is 12.7 Å². The van der Waals surface area contributed by atoms with E-state index in [2.05, 4.69) is 5.32 Å². The normalized spacial score (nSPS) is 12.0. The van der Waals surface area contributed by atoms with Crippen LogP contribution < -0.4 is 5.32 Å². The number of rotatable bonds is 4. The third kappa shape index (κ3) is 4.44. The zero-order chi connectivity index (χ0) is 25.5. The first kappa shape index (κ1) is 24.2. The molecule has 1 amide bonds. The number of phenols is 1. The van der Waals surface area contributed by atoms with Crippen molar-refractivity contribution in [3.8, 4) is 16.9 Å². The molecule has 35 heavy (non-hydrogen) atoms. The number of anilines is 1. The van der Waals surface area contributed by atoms with Crippen molar-refractivity contribution in [3.63, 3.8) is 0 Å². The van der Waals surface area contributed by atoms with Gasteiger partial charge in [-0.15, -0.1) is 0 Å². The van der Waals surface area contributed by atoms with Crippen molar-refractivity contribution in [3.05, 3.63) is 89.7 Å². The van der Waals surface area contributed by atoms with Gasteiger partial charge in [0.05, 0.1) is 10.5 Å². The molecule has 0 spiro atoms. The maximum atomic E-state index is 13.4. The average Bonchev–Trinajstić information content (AvgIpc) is 2.80. The Kier molecular flexibility index (Phi) is 6.02. The van der Waals surface area contributed by atoms with Crippen molar-refractivity contribution in [1.29, 1.82) is 0 Å². The summed E-state index contributed by atoms with van der Waals surface area (Å²) >= 11 is 0. The molecular formula is C25H17F4NO4S. The highest BCUT2D eigenvalue weighted by molar-refractivity contribution is 7.92. The second-order valence-corrected chi connectivity index (χ2v) is 9.69. The number of carbonyl (C=O) groups excluding carboxylic acids is 1. The molecule has 0 aliphatic carbocycles. The molecule has 0 radical (unpaired) electrons. The molecule has 4 rings (SSSR count). The largest absolute Gasteiger partial charge is 0.506 e. The number of benzene rings is 4. The van der Waals surface area contributed by atoms with Gasteiger partial charge in [-0.2, -0.15) is 13.2 Å². The number of alkyl halides is 3. The van der Waals surface area contributed by atoms with E-state index < -0.39 is 32.0 Å². The number of carbonyl (C=O) groups is 1. The summed E-state index contributed by atoms with van der Waals surface area (Å²) in [6.07, 6.45) is 0. The van der Waals surface area contributed by atoms with Crippen LogP contribution >= 0.6 is 0 Å². The zero-order valence-electron chi connectivity index (χ0n) is 18.0. The number of hydrogen-bond donors (Lipinski definition) is 2. The molecule has 4 aromatic rings. The van der Waals surface area contributed by atoms with Crippen LogP contribution in [0.4, 0.5) is 23.2 Å². The minimum absolute atomic E-state index is 0.0621. The van der Waals surface area contributed by atoms with Gasteiger partial charge >= 0.3 is 5.51 Å². The van der Waals surface area contributed by atoms with Crippen LogP contribution in [-0.4, -0.2) is 24.9 Å². The molecule has 2 N–H and O–H groups in total. The number of phenolic OH excluding ortho intramolecular Hbond substituents is 1. The maximum Gasteiger partial charge on any atom is 0.501 e. The first-order valence-electron chi connectivity index (χ1n) is 10.1. The smallest absolute Gasteiger partial charge is 0.501 e. The van der Waals surface area contributed by atoms with Crippen molar-refractivity contribution < 1.29 is 35.9 Å². The van der Waals surface area contributed by atoms with Crippen molar-refractivity contribution in [2.75, 3.05) is 5.32 Å². The third-order valence-electron chi connectivity index (χ3n) is 5.48. The molecule has 5 nitrogen and oxygen atoms in total. The van der Waals surface area contributed by atoms with Crippen LogP contribution in [0.15, 0.2) is 77.7 Å². The lowest BCUT2D eigenvalue weighted by atomic mass is 9.94. The van der Waals surface area contributed by atoms with Gasteiger partial charge in [-0.1, -0.05) is 36.4 Å². The van der Waals surface area contributed by atoms with Crippen LogP contribution in [0.3, 0.4) is 0 Å². The van der Waals surface area contributed by atoms with Gasteiger partial charge in [0.2, 0.25) is 0 Å². The summed E-state index contributed by atoms with van der Waals surface area (Å²) in [5, 5.41) is 14.3. The Hall–Kier alpha value is -3.92. The van der Waals surface area contributed by atoms with E-state index in [1.165, 1.54) is 37.3 Å². The minimum Gasteiger partial charge on any atom is -0.506 e. The molecule has 0 saturated heterocycles. The molecule has 0 aliphatic heterocycles. The molecule has 0 fully saturated rings. The number of amides is 1. The van der Waals surface area contributed by atoms with Crippen LogP contribution in [0.2, 0.25) is 0 Å². The van der Waals surface area contributed by atoms with Crippen LogP contribution in [-0.2, 0) is 9.84 Å². The Labute approximate surface area is 197 Å². The summed E-state index contributed by atoms with van der Waals surface area (Å²) in [5.74, 6) is -1.54. The second kappa shape index (κ2) is 8.70. The first-order chi connectivity index (χ1) is 16.4. The minimum atomic E-state index is -5.55. The topological polar surface area (TPSA) is 83.5 Å². The van der Waals surface area contributed by atoms with E-state index >= 15 is 0 Å². The Morgan fingerprint density at radius 1 is 0.914 bits per heavy atom. The van der Waals surface area contributed by atoms with Gasteiger partial charge in [0.1, 0.15) is 11.6 Å². The molecule has 0 heterocycles. The second-order valence-electron chi connectivity index (χ2n) is 7.75. The molecule has 0 unspecified atom stereocenters. The van der Waals surface area contributed by atoms with E-state index in [4.69, 9.17) is 0 Å². The summed E-state index contributed by atoms with van der Waals surface area (Å²) in [5.41, 5.74) is -4.32. The number of aryl methyl sites for hydroxylation is 1. The molecule has 0 saturated carbocycles. The number of nitrogens with one attached hydrogen (secondary N) is 1. The average molecular weight is 503 g/mol. The summed E-state index contributed by atoms with van der Waals surface area (Å²) in [7, 11) is -5.55. The summed E-state index contributed by atoms with van der Waals surface area (Å²) in [6, 6.07) is 16.4. The highest BCUT2D eigenvalue weighted by Gasteiger charge is 2.46. The monoisotopic (exact) mass is 503 g/mol. The standard InChI is InChI=1S/C25H17F4NO4S/c1-14-12-17(35(33,34)25(27,28)29)10-11-22(14)30-24(32)21-13-20(15-6-8-16(26)9-7-15)18-4-2-3-5-19(18)23(21)31/h2-13,31H,1H3,(H,30,32). The van der Waals surface area contributed by atoms with Crippen molar-refractivity contribution in [2.45, 2.75) is 17.3 Å². The molecule has 4 aromatic carbocycles. The fourth-order valence-electron chi connectivity index (χ4n) is 3.67. The lowest BCUT2D eigenvalue weighted by molar-refractivity contribution is -0.0436. The number of hydrogen-bond acceptors (Lipinski definition) is 4. The highest BCUT2D eigenvalue weighted by Crippen LogP contribution is 2.38. The van der Waals surface area contributed by atoms with E-state index in [1.54, 1.807) is 24.3 Å². The van der Waals surface area contributed by atoms with E-state index in [-0.39, 0.29) is 22.6 Å². The zero-order valence-corrected chi connectivity index (χ0v) is 18.8. The predicted molar refractivity (Wildman–Crippen MR) is 123 cm³/mol. The number of fused-ring (bicyclic) bond motifs is 1. The fourth-order valence-corrected chi connectivity index (χ4v) is 4.51. The lowest BCUT2D eigenvalue weighted by Gasteiger charge is -2.15. The SMILES string of the molecule is Cc1cc(S(=O)(=O)C(F)(F)F)ccc1NC(=O)c1cc(-c2ccc(F)cc2)c2ccccc2c1O. The van der Waals surface area contributed by atoms with E-state index in [0.717, 1.165) is 18.2 Å². The van der Waals surface area contributed by atoms with Crippen molar-refractivity contribution in [2.24, 2.45) is 0 Å². The van der Waals surface area contributed by atoms with E-state index in [0.29, 0.717) is 21.9 Å². The predicted octanol–water partition coefficient (Wildman–Crippen LogP) is 6.21. The number of sulfone groups is 1. The fraction of sp³-hybridized carbons (Fsp3) is 0.0800. The van der Waals surface area contributed by atoms with Gasteiger partial charge in [-0.05, 0) is 65.4 Å². The Balaban J connectivity index is 1.76. The molecule has 0 atom stereocenters. The van der Waals surface area contributed by atoms with Gasteiger partial charge in [0.15, 0.2) is 0 Å². The van der Waals surface area contributed by atoms with Gasteiger partial charge in [-0.3, -0.25) is 4.79 Å². The molecular weight excluding hydrogens is 486 g/mol. The molecule has 0 aliphatic rings. The van der Waals surface area contributed by atoms with Crippen molar-refractivity contribution in [1.82, 2.24) is 0 Å². The molecule has 0 bridgehead atoms. The Morgan fingerprint density at radius 3 is 2.14 bits per heavy atom. The Bertz CT molecular complexity index is 1560. The van der Waals surface area contributed by atoms with Crippen LogP contribution in [0.25, 0.3) is 21.9 Å². The number of aromatic hydroxyl groups is 1. The Morgan fingerprint density at radius 2 is 1.54 bits per heavy atom. The highest BCUT2D eigenvalue weighted by atomic mass is 32.2. The van der Waals surface area contributed by atoms with Gasteiger partial charge in [-0.25, -0.2) is 12.8 Å². The van der Waals surface area contributed by atoms with Crippen LogP contribution in [0.1, 0.15) is 15.9 Å². The van der Waals surface area contributed by atoms with Crippen molar-refractivity contribution >= 4 is 32.2 Å². The van der Waals surface area contributed by atoms with Gasteiger partial charge in [0, 0.05) is 11.1 Å². The first-order valence-corrected chi connectivity index (χ1v) is 11.6. The summed E-state index contributed by atoms with van der Waals surface area (Å²) in [4.78, 5) is 12.1. The summed E-state index contributed by atoms with van der Waals surface area (Å²) < 4.78 is 75.3. The summed E-state index contributed by atoms with van der Waals surface area (Å²) in [6.45, 7) is 1.34. The van der Waals surface area contributed by atoms with Crippen LogP contribution in [0.5, 0.6) is 5.75 Å². The maximum absolute atomic E-state index is 13.4. The lowest BCUT2D eigenvalue weighted by Crippen LogP contribution is -2.23. The quantitative estimate of drug-likeness (QED) is 0.325. The molecule has 0 aromatic heterocycles. The van der Waals surface area contributed by atoms with E-state index in [9.17, 15) is 35.9 Å².